The van der Waals surface area contributed by atoms with Crippen LogP contribution < -0.4 is 5.73 Å². The molecule has 0 aliphatic carbocycles. The Bertz CT molecular complexity index is 508. The van der Waals surface area contributed by atoms with Crippen LogP contribution in [-0.4, -0.2) is 25.2 Å². The molecule has 0 aromatic heterocycles. The summed E-state index contributed by atoms with van der Waals surface area (Å²) in [6, 6.07) is 7.14. The maximum atomic E-state index is 11.6. The number of hydrogen-bond acceptors (Lipinski definition) is 5. The maximum absolute atomic E-state index is 11.6. The third kappa shape index (κ3) is 7.47. The van der Waals surface area contributed by atoms with E-state index in [1.165, 1.54) is 0 Å². The van der Waals surface area contributed by atoms with Gasteiger partial charge in [0.2, 0.25) is 0 Å². The zero-order valence-electron chi connectivity index (χ0n) is 13.0. The quantitative estimate of drug-likeness (QED) is 0.328. The largest absolute Gasteiger partial charge is 0.465 e. The predicted molar refractivity (Wildman–Crippen MR) is 85.1 cm³/mol. The lowest BCUT2D eigenvalue weighted by atomic mass is 10.1. The zero-order valence-corrected chi connectivity index (χ0v) is 13.0. The second kappa shape index (κ2) is 9.60. The highest BCUT2D eigenvalue weighted by Crippen LogP contribution is 2.07. The van der Waals surface area contributed by atoms with Gasteiger partial charge in [0.25, 0.3) is 0 Å². The summed E-state index contributed by atoms with van der Waals surface area (Å²) in [4.78, 5) is 22.7. The van der Waals surface area contributed by atoms with Crippen molar-refractivity contribution in [3.05, 3.63) is 42.0 Å². The Balaban J connectivity index is 2.04. The van der Waals surface area contributed by atoms with E-state index in [2.05, 4.69) is 6.58 Å². The first-order valence-electron chi connectivity index (χ1n) is 7.31. The molecule has 0 atom stereocenters. The van der Waals surface area contributed by atoms with Crippen LogP contribution in [0, 0.1) is 0 Å². The van der Waals surface area contributed by atoms with Crippen LogP contribution in [0.4, 0.5) is 5.69 Å². The highest BCUT2D eigenvalue weighted by molar-refractivity contribution is 5.86. The van der Waals surface area contributed by atoms with Gasteiger partial charge in [0.05, 0.1) is 19.6 Å². The molecule has 0 aliphatic rings. The molecule has 5 heteroatoms. The van der Waals surface area contributed by atoms with Gasteiger partial charge in [0.15, 0.2) is 0 Å². The number of nitrogens with two attached hydrogens (primary N) is 1. The van der Waals surface area contributed by atoms with Crippen molar-refractivity contribution < 1.29 is 19.1 Å². The molecule has 0 heterocycles. The minimum Gasteiger partial charge on any atom is -0.465 e. The highest BCUT2D eigenvalue weighted by Gasteiger charge is 2.05. The van der Waals surface area contributed by atoms with Gasteiger partial charge in [-0.3, -0.25) is 4.79 Å². The van der Waals surface area contributed by atoms with E-state index in [1.807, 2.05) is 12.1 Å². The minimum absolute atomic E-state index is 0.247. The Morgan fingerprint density at radius 1 is 1.05 bits per heavy atom. The van der Waals surface area contributed by atoms with Crippen molar-refractivity contribution in [2.45, 2.75) is 32.6 Å². The molecule has 5 nitrogen and oxygen atoms in total. The lowest BCUT2D eigenvalue weighted by Crippen LogP contribution is -2.10. The molecule has 120 valence electrons. The predicted octanol–water partition coefficient (Wildman–Crippen LogP) is 2.64. The van der Waals surface area contributed by atoms with Crippen LogP contribution in [0.2, 0.25) is 0 Å². The first-order chi connectivity index (χ1) is 10.5. The molecular weight excluding hydrogens is 282 g/mol. The number of anilines is 1. The molecule has 0 aliphatic heterocycles. The van der Waals surface area contributed by atoms with Crippen molar-refractivity contribution >= 4 is 17.6 Å². The summed E-state index contributed by atoms with van der Waals surface area (Å²) in [5.41, 5.74) is 7.53. The molecule has 1 aromatic rings. The van der Waals surface area contributed by atoms with E-state index >= 15 is 0 Å². The van der Waals surface area contributed by atoms with E-state index in [1.54, 1.807) is 19.1 Å². The van der Waals surface area contributed by atoms with Crippen molar-refractivity contribution in [1.82, 2.24) is 0 Å². The molecule has 0 radical (unpaired) electrons. The number of benzene rings is 1. The van der Waals surface area contributed by atoms with Crippen LogP contribution in [0.25, 0.3) is 0 Å². The first kappa shape index (κ1) is 17.8. The van der Waals surface area contributed by atoms with Crippen LogP contribution in [0.3, 0.4) is 0 Å². The molecule has 0 bridgehead atoms. The summed E-state index contributed by atoms with van der Waals surface area (Å²) in [6.07, 6.45) is 2.57. The van der Waals surface area contributed by atoms with Crippen LogP contribution in [0.1, 0.15) is 31.7 Å². The smallest absolute Gasteiger partial charge is 0.333 e. The fraction of sp³-hybridized carbons (Fsp3) is 0.412. The SMILES string of the molecule is C=C(C)C(=O)OCCCCCOC(=O)Cc1ccc(N)cc1. The normalized spacial score (nSPS) is 10.0. The molecule has 2 N–H and O–H groups in total. The number of carbonyl (C=O) groups is 2. The van der Waals surface area contributed by atoms with Crippen LogP contribution in [0.15, 0.2) is 36.4 Å². The number of esters is 2. The molecule has 0 amide bonds. The Morgan fingerprint density at radius 2 is 1.64 bits per heavy atom. The van der Waals surface area contributed by atoms with Gasteiger partial charge in [-0.25, -0.2) is 4.79 Å². The van der Waals surface area contributed by atoms with Crippen LogP contribution in [0.5, 0.6) is 0 Å². The molecule has 0 saturated heterocycles. The van der Waals surface area contributed by atoms with Gasteiger partial charge in [-0.1, -0.05) is 18.7 Å². The Morgan fingerprint density at radius 3 is 2.23 bits per heavy atom. The van der Waals surface area contributed by atoms with Gasteiger partial charge in [-0.2, -0.15) is 0 Å². The summed E-state index contributed by atoms with van der Waals surface area (Å²) in [6.45, 7) is 5.86. The van der Waals surface area contributed by atoms with Crippen molar-refractivity contribution in [2.75, 3.05) is 18.9 Å². The van der Waals surface area contributed by atoms with E-state index < -0.39 is 0 Å². The third-order valence-electron chi connectivity index (χ3n) is 2.96. The number of rotatable bonds is 9. The molecule has 0 spiro atoms. The molecule has 0 fully saturated rings. The number of hydrogen-bond donors (Lipinski definition) is 1. The average Bonchev–Trinajstić information content (AvgIpc) is 2.48. The second-order valence-electron chi connectivity index (χ2n) is 5.12. The number of ether oxygens (including phenoxy) is 2. The van der Waals surface area contributed by atoms with Crippen molar-refractivity contribution in [3.63, 3.8) is 0 Å². The highest BCUT2D eigenvalue weighted by atomic mass is 16.5. The average molecular weight is 305 g/mol. The lowest BCUT2D eigenvalue weighted by Gasteiger charge is -2.06. The summed E-state index contributed by atoms with van der Waals surface area (Å²) in [5, 5.41) is 0. The summed E-state index contributed by atoms with van der Waals surface area (Å²) in [5.74, 6) is -0.617. The van der Waals surface area contributed by atoms with E-state index in [9.17, 15) is 9.59 Å². The maximum Gasteiger partial charge on any atom is 0.333 e. The molecule has 22 heavy (non-hydrogen) atoms. The summed E-state index contributed by atoms with van der Waals surface area (Å²) < 4.78 is 10.1. The summed E-state index contributed by atoms with van der Waals surface area (Å²) >= 11 is 0. The topological polar surface area (TPSA) is 78.6 Å². The Hall–Kier alpha value is -2.30. The third-order valence-corrected chi connectivity index (χ3v) is 2.96. The number of carbonyl (C=O) groups excluding carboxylic acids is 2. The lowest BCUT2D eigenvalue weighted by molar-refractivity contribution is -0.142. The van der Waals surface area contributed by atoms with E-state index in [4.69, 9.17) is 15.2 Å². The number of nitrogen functional groups attached to an aromatic ring is 1. The van der Waals surface area contributed by atoms with Gasteiger partial charge in [0, 0.05) is 11.3 Å². The monoisotopic (exact) mass is 305 g/mol. The van der Waals surface area contributed by atoms with E-state index in [0.717, 1.165) is 24.8 Å². The van der Waals surface area contributed by atoms with E-state index in [0.29, 0.717) is 24.5 Å². The molecular formula is C17H23NO4. The van der Waals surface area contributed by atoms with Crippen LogP contribution in [-0.2, 0) is 25.5 Å². The Kier molecular flexibility index (Phi) is 7.75. The fourth-order valence-corrected chi connectivity index (χ4v) is 1.71. The minimum atomic E-state index is -0.366. The molecule has 0 unspecified atom stereocenters. The van der Waals surface area contributed by atoms with Crippen molar-refractivity contribution in [1.29, 1.82) is 0 Å². The second-order valence-corrected chi connectivity index (χ2v) is 5.12. The fourth-order valence-electron chi connectivity index (χ4n) is 1.71. The zero-order chi connectivity index (χ0) is 16.4. The Labute approximate surface area is 131 Å². The van der Waals surface area contributed by atoms with Crippen molar-refractivity contribution in [2.24, 2.45) is 0 Å². The van der Waals surface area contributed by atoms with E-state index in [-0.39, 0.29) is 18.4 Å². The van der Waals surface area contributed by atoms with Crippen molar-refractivity contribution in [3.8, 4) is 0 Å². The standard InChI is InChI=1S/C17H23NO4/c1-13(2)17(20)22-11-5-3-4-10-21-16(19)12-14-6-8-15(18)9-7-14/h6-9H,1,3-5,10-12,18H2,2H3. The molecule has 0 saturated carbocycles. The van der Waals surface area contributed by atoms with Gasteiger partial charge < -0.3 is 15.2 Å². The van der Waals surface area contributed by atoms with Gasteiger partial charge in [0.1, 0.15) is 0 Å². The van der Waals surface area contributed by atoms with Gasteiger partial charge in [-0.15, -0.1) is 0 Å². The van der Waals surface area contributed by atoms with Gasteiger partial charge in [-0.05, 0) is 43.9 Å². The molecule has 1 aromatic carbocycles. The molecule has 1 rings (SSSR count). The van der Waals surface area contributed by atoms with Gasteiger partial charge >= 0.3 is 11.9 Å². The number of unbranched alkanes of at least 4 members (excludes halogenated alkanes) is 2. The van der Waals surface area contributed by atoms with Crippen LogP contribution >= 0.6 is 0 Å². The summed E-state index contributed by atoms with van der Waals surface area (Å²) in [7, 11) is 0. The first-order valence-corrected chi connectivity index (χ1v) is 7.31.